The zero-order chi connectivity index (χ0) is 25.0. The molecule has 0 fully saturated rings. The van der Waals surface area contributed by atoms with E-state index in [1.165, 1.54) is 38.4 Å². The second kappa shape index (κ2) is 9.46. The number of benzene rings is 2. The van der Waals surface area contributed by atoms with E-state index in [1.54, 1.807) is 44.4 Å². The molecule has 2 aromatic rings. The highest BCUT2D eigenvalue weighted by atomic mass is 16.5. The van der Waals surface area contributed by atoms with Gasteiger partial charge in [-0.2, -0.15) is 0 Å². The van der Waals surface area contributed by atoms with E-state index in [2.05, 4.69) is 0 Å². The number of esters is 1. The highest BCUT2D eigenvalue weighted by molar-refractivity contribution is 5.91. The number of nitrogens with zero attached hydrogens (tertiary/aromatic N) is 1. The van der Waals surface area contributed by atoms with Gasteiger partial charge in [-0.15, -0.1) is 0 Å². The van der Waals surface area contributed by atoms with Crippen LogP contribution in [-0.4, -0.2) is 52.9 Å². The van der Waals surface area contributed by atoms with Gasteiger partial charge in [-0.1, -0.05) is 37.2 Å². The molecule has 0 saturated carbocycles. The number of hydrogen-bond donors (Lipinski definition) is 0. The summed E-state index contributed by atoms with van der Waals surface area (Å²) in [6.07, 6.45) is -2.78. The lowest BCUT2D eigenvalue weighted by molar-refractivity contribution is 0.0119. The van der Waals surface area contributed by atoms with Crippen LogP contribution in [0.25, 0.3) is 0 Å². The topological polar surface area (TPSA) is 57.2 Å². The van der Waals surface area contributed by atoms with Gasteiger partial charge in [0.1, 0.15) is 6.61 Å². The summed E-state index contributed by atoms with van der Waals surface area (Å²) in [6, 6.07) is 11.1. The van der Waals surface area contributed by atoms with Gasteiger partial charge >= 0.3 is 5.97 Å². The fourth-order valence-electron chi connectivity index (χ4n) is 2.86. The minimum atomic E-state index is -3.01. The molecule has 0 aliphatic heterocycles. The van der Waals surface area contributed by atoms with Gasteiger partial charge in [0.2, 0.25) is 5.75 Å². The molecular weight excluding hydrogens is 358 g/mol. The number of methoxy groups -OCH3 is 3. The maximum Gasteiger partial charge on any atom is 0.338 e. The van der Waals surface area contributed by atoms with Crippen LogP contribution in [0.4, 0.5) is 0 Å². The van der Waals surface area contributed by atoms with Gasteiger partial charge in [0, 0.05) is 6.85 Å². The molecule has 0 N–H and O–H groups in total. The SMILES string of the molecule is [2H]C([2H])([2H])C([2H])([2H])[C@](COC(=O)c1cc(OC)c(OC)c(OC)c1)(c1ccccc1)N(C)C. The Bertz CT molecular complexity index is 940. The van der Waals surface area contributed by atoms with Crippen molar-refractivity contribution in [3.05, 3.63) is 53.6 Å². The van der Waals surface area contributed by atoms with Crippen molar-refractivity contribution in [1.29, 1.82) is 0 Å². The Morgan fingerprint density at radius 2 is 1.68 bits per heavy atom. The molecule has 0 saturated heterocycles. The maximum absolute atomic E-state index is 13.0. The Morgan fingerprint density at radius 1 is 1.07 bits per heavy atom. The molecule has 0 aliphatic carbocycles. The van der Waals surface area contributed by atoms with Crippen LogP contribution >= 0.6 is 0 Å². The van der Waals surface area contributed by atoms with Crippen LogP contribution in [0.5, 0.6) is 17.2 Å². The van der Waals surface area contributed by atoms with Crippen LogP contribution in [0.2, 0.25) is 0 Å². The van der Waals surface area contributed by atoms with Crippen LogP contribution in [-0.2, 0) is 10.3 Å². The van der Waals surface area contributed by atoms with Gasteiger partial charge in [0.25, 0.3) is 0 Å². The Balaban J connectivity index is 2.54. The summed E-state index contributed by atoms with van der Waals surface area (Å²) < 4.78 is 62.2. The Labute approximate surface area is 174 Å². The predicted molar refractivity (Wildman–Crippen MR) is 108 cm³/mol. The molecule has 0 heterocycles. The zero-order valence-electron chi connectivity index (χ0n) is 21.7. The van der Waals surface area contributed by atoms with Crippen molar-refractivity contribution in [2.75, 3.05) is 42.0 Å². The van der Waals surface area contributed by atoms with Crippen molar-refractivity contribution in [2.24, 2.45) is 0 Å². The number of carbonyl (C=O) groups excluding carboxylic acids is 1. The molecule has 6 nitrogen and oxygen atoms in total. The summed E-state index contributed by atoms with van der Waals surface area (Å²) in [4.78, 5) is 14.4. The van der Waals surface area contributed by atoms with Crippen molar-refractivity contribution in [3.63, 3.8) is 0 Å². The summed E-state index contributed by atoms with van der Waals surface area (Å²) in [5.74, 6) is -0.0351. The predicted octanol–water partition coefficient (Wildman–Crippen LogP) is 3.74. The van der Waals surface area contributed by atoms with Crippen LogP contribution in [0.15, 0.2) is 42.5 Å². The maximum atomic E-state index is 13.0. The van der Waals surface area contributed by atoms with Gasteiger partial charge < -0.3 is 18.9 Å². The van der Waals surface area contributed by atoms with Crippen LogP contribution in [0.1, 0.15) is 36.0 Å². The summed E-state index contributed by atoms with van der Waals surface area (Å²) in [5, 5.41) is 0. The first-order valence-corrected chi connectivity index (χ1v) is 8.57. The smallest absolute Gasteiger partial charge is 0.338 e. The molecule has 152 valence electrons. The minimum absolute atomic E-state index is 0.0691. The first-order valence-electron chi connectivity index (χ1n) is 11.1. The highest BCUT2D eigenvalue weighted by Gasteiger charge is 2.34. The molecule has 1 atom stereocenters. The van der Waals surface area contributed by atoms with E-state index in [-0.39, 0.29) is 17.1 Å². The minimum Gasteiger partial charge on any atom is -0.493 e. The number of likely N-dealkylation sites (N-methyl/N-ethyl adjacent to an activating group) is 1. The average Bonchev–Trinajstić information content (AvgIpc) is 2.77. The van der Waals surface area contributed by atoms with Gasteiger partial charge in [-0.25, -0.2) is 4.79 Å². The summed E-state index contributed by atoms with van der Waals surface area (Å²) in [6.45, 7) is -3.57. The molecule has 0 amide bonds. The van der Waals surface area contributed by atoms with Crippen LogP contribution < -0.4 is 14.2 Å². The standard InChI is InChI=1S/C22H29NO5/c1-7-22(23(2)3,17-11-9-8-10-12-17)15-28-21(24)16-13-18(25-4)20(27-6)19(14-16)26-5/h8-14H,7,15H2,1-6H3/t22-/m0/s1/i1D3,7D2. The molecule has 2 rings (SSSR count). The second-order valence-electron chi connectivity index (χ2n) is 6.24. The van der Waals surface area contributed by atoms with Gasteiger partial charge in [-0.3, -0.25) is 4.90 Å². The van der Waals surface area contributed by atoms with Crippen molar-refractivity contribution < 1.29 is 30.6 Å². The lowest BCUT2D eigenvalue weighted by Crippen LogP contribution is -2.45. The fourth-order valence-corrected chi connectivity index (χ4v) is 2.86. The van der Waals surface area contributed by atoms with E-state index < -0.39 is 31.3 Å². The average molecular weight is 393 g/mol. The van der Waals surface area contributed by atoms with E-state index in [9.17, 15) is 4.79 Å². The number of hydrogen-bond acceptors (Lipinski definition) is 6. The number of rotatable bonds is 9. The molecule has 0 bridgehead atoms. The fraction of sp³-hybridized carbons (Fsp3) is 0.409. The van der Waals surface area contributed by atoms with Crippen molar-refractivity contribution >= 4 is 5.97 Å². The molecule has 0 radical (unpaired) electrons. The van der Waals surface area contributed by atoms with Crippen molar-refractivity contribution in [1.82, 2.24) is 4.90 Å². The third kappa shape index (κ3) is 4.22. The molecule has 0 spiro atoms. The van der Waals surface area contributed by atoms with E-state index in [4.69, 9.17) is 25.8 Å². The highest BCUT2D eigenvalue weighted by Crippen LogP contribution is 2.38. The largest absolute Gasteiger partial charge is 0.493 e. The summed E-state index contributed by atoms with van der Waals surface area (Å²) in [5.41, 5.74) is -1.39. The van der Waals surface area contributed by atoms with Gasteiger partial charge in [0.05, 0.1) is 32.4 Å². The normalized spacial score (nSPS) is 16.6. The number of carbonyl (C=O) groups is 1. The molecule has 0 aliphatic rings. The Kier molecular flexibility index (Phi) is 5.14. The lowest BCUT2D eigenvalue weighted by Gasteiger charge is -2.39. The molecule has 0 aromatic heterocycles. The van der Waals surface area contributed by atoms with E-state index in [0.29, 0.717) is 11.3 Å². The molecule has 28 heavy (non-hydrogen) atoms. The Hall–Kier alpha value is -2.73. The lowest BCUT2D eigenvalue weighted by atomic mass is 9.87. The second-order valence-corrected chi connectivity index (χ2v) is 6.24. The molecule has 2 aromatic carbocycles. The third-order valence-corrected chi connectivity index (χ3v) is 4.53. The van der Waals surface area contributed by atoms with E-state index in [1.807, 2.05) is 0 Å². The monoisotopic (exact) mass is 392 g/mol. The van der Waals surface area contributed by atoms with Gasteiger partial charge in [-0.05, 0) is 38.2 Å². The zero-order valence-corrected chi connectivity index (χ0v) is 16.7. The first kappa shape index (κ1) is 15.2. The molecule has 6 heteroatoms. The van der Waals surface area contributed by atoms with Crippen LogP contribution in [0, 0.1) is 0 Å². The summed E-state index contributed by atoms with van der Waals surface area (Å²) >= 11 is 0. The summed E-state index contributed by atoms with van der Waals surface area (Å²) in [7, 11) is 7.34. The van der Waals surface area contributed by atoms with E-state index >= 15 is 0 Å². The Morgan fingerprint density at radius 3 is 2.14 bits per heavy atom. The number of ether oxygens (including phenoxy) is 4. The van der Waals surface area contributed by atoms with E-state index in [0.717, 1.165) is 0 Å². The quantitative estimate of drug-likeness (QED) is 0.606. The molecular formula is C22H29NO5. The van der Waals surface area contributed by atoms with Crippen molar-refractivity contribution in [3.8, 4) is 17.2 Å². The molecule has 0 unspecified atom stereocenters. The van der Waals surface area contributed by atoms with Crippen molar-refractivity contribution in [2.45, 2.75) is 18.8 Å². The van der Waals surface area contributed by atoms with Crippen LogP contribution in [0.3, 0.4) is 0 Å². The first-order chi connectivity index (χ1) is 15.4. The van der Waals surface area contributed by atoms with Gasteiger partial charge in [0.15, 0.2) is 11.5 Å². The third-order valence-electron chi connectivity index (χ3n) is 4.53.